The summed E-state index contributed by atoms with van der Waals surface area (Å²) in [6, 6.07) is 0. The lowest BCUT2D eigenvalue weighted by Gasteiger charge is -2.27. The van der Waals surface area contributed by atoms with Crippen LogP contribution in [-0.4, -0.2) is 5.67 Å². The van der Waals surface area contributed by atoms with E-state index in [4.69, 9.17) is 0 Å². The molecule has 14 heavy (non-hydrogen) atoms. The lowest BCUT2D eigenvalue weighted by Crippen LogP contribution is -2.27. The van der Waals surface area contributed by atoms with Gasteiger partial charge in [-0.25, -0.2) is 4.39 Å². The molecule has 0 aliphatic carbocycles. The van der Waals surface area contributed by atoms with Crippen molar-refractivity contribution in [2.24, 2.45) is 5.92 Å². The third-order valence-corrected chi connectivity index (χ3v) is 2.79. The van der Waals surface area contributed by atoms with Gasteiger partial charge in [-0.2, -0.15) is 0 Å². The van der Waals surface area contributed by atoms with Gasteiger partial charge >= 0.3 is 0 Å². The van der Waals surface area contributed by atoms with Crippen molar-refractivity contribution in [1.29, 1.82) is 0 Å². The van der Waals surface area contributed by atoms with Crippen LogP contribution >= 0.6 is 0 Å². The van der Waals surface area contributed by atoms with E-state index < -0.39 is 5.67 Å². The van der Waals surface area contributed by atoms with Crippen LogP contribution in [0.1, 0.15) is 33.6 Å². The molecule has 0 aromatic heterocycles. The van der Waals surface area contributed by atoms with Crippen LogP contribution in [0.25, 0.3) is 0 Å². The fourth-order valence-electron chi connectivity index (χ4n) is 1.38. The van der Waals surface area contributed by atoms with Crippen LogP contribution in [-0.2, 0) is 0 Å². The van der Waals surface area contributed by atoms with Crippen molar-refractivity contribution in [3.63, 3.8) is 0 Å². The van der Waals surface area contributed by atoms with Crippen molar-refractivity contribution < 1.29 is 4.39 Å². The van der Waals surface area contributed by atoms with Crippen LogP contribution < -0.4 is 0 Å². The minimum atomic E-state index is -1.31. The first-order valence-corrected chi connectivity index (χ1v) is 5.01. The molecule has 0 saturated carbocycles. The fraction of sp³-hybridized carbons (Fsp3) is 0.538. The van der Waals surface area contributed by atoms with Gasteiger partial charge in [0.15, 0.2) is 0 Å². The van der Waals surface area contributed by atoms with E-state index in [-0.39, 0.29) is 5.92 Å². The van der Waals surface area contributed by atoms with Gasteiger partial charge in [-0.1, -0.05) is 43.9 Å². The van der Waals surface area contributed by atoms with E-state index in [1.165, 1.54) is 6.08 Å². The Morgan fingerprint density at radius 3 is 2.29 bits per heavy atom. The zero-order chi connectivity index (χ0) is 11.4. The average molecular weight is 196 g/mol. The summed E-state index contributed by atoms with van der Waals surface area (Å²) in [5.41, 5.74) is 0.554. The molecule has 2 unspecified atom stereocenters. The molecular formula is C13H21F. The van der Waals surface area contributed by atoms with Crippen LogP contribution in [0.3, 0.4) is 0 Å². The van der Waals surface area contributed by atoms with Crippen LogP contribution in [0.4, 0.5) is 4.39 Å². The molecule has 1 heteroatoms. The Kier molecular flexibility index (Phi) is 4.82. The minimum absolute atomic E-state index is 0.0517. The molecule has 0 aliphatic heterocycles. The van der Waals surface area contributed by atoms with Crippen LogP contribution in [0, 0.1) is 5.92 Å². The predicted octanol–water partition coefficient (Wildman–Crippen LogP) is 4.45. The normalized spacial score (nSPS) is 16.9. The molecule has 0 aromatic carbocycles. The van der Waals surface area contributed by atoms with Gasteiger partial charge in [0.25, 0.3) is 0 Å². The van der Waals surface area contributed by atoms with Gasteiger partial charge in [0, 0.05) is 5.92 Å². The van der Waals surface area contributed by atoms with E-state index in [2.05, 4.69) is 19.7 Å². The minimum Gasteiger partial charge on any atom is -0.239 e. The second-order valence-corrected chi connectivity index (χ2v) is 4.05. The second-order valence-electron chi connectivity index (χ2n) is 4.05. The van der Waals surface area contributed by atoms with Gasteiger partial charge in [-0.15, -0.1) is 0 Å². The highest BCUT2D eigenvalue weighted by Crippen LogP contribution is 2.32. The highest BCUT2D eigenvalue weighted by molar-refractivity contribution is 5.24. The average Bonchev–Trinajstić information content (AvgIpc) is 2.13. The maximum atomic E-state index is 13.9. The largest absolute Gasteiger partial charge is 0.239 e. The Labute approximate surface area is 87.2 Å². The number of rotatable bonds is 6. The third-order valence-electron chi connectivity index (χ3n) is 2.79. The molecule has 0 rings (SSSR count). The number of allylic oxidation sites excluding steroid dienone is 3. The summed E-state index contributed by atoms with van der Waals surface area (Å²) in [6.07, 6.45) is 2.82. The Balaban J connectivity index is 4.52. The molecule has 0 spiro atoms. The van der Waals surface area contributed by atoms with Crippen molar-refractivity contribution in [2.75, 3.05) is 0 Å². The van der Waals surface area contributed by atoms with Crippen LogP contribution in [0.2, 0.25) is 0 Å². The van der Waals surface area contributed by atoms with Crippen LogP contribution in [0.15, 0.2) is 37.0 Å². The molecule has 0 aliphatic rings. The van der Waals surface area contributed by atoms with E-state index in [9.17, 15) is 4.39 Å². The summed E-state index contributed by atoms with van der Waals surface area (Å²) < 4.78 is 13.9. The summed E-state index contributed by atoms with van der Waals surface area (Å²) in [5, 5.41) is 0. The molecule has 2 atom stereocenters. The Hall–Kier alpha value is -0.850. The summed E-state index contributed by atoms with van der Waals surface area (Å²) in [5.74, 6) is -0.0517. The maximum Gasteiger partial charge on any atom is 0.129 e. The molecule has 80 valence electrons. The lowest BCUT2D eigenvalue weighted by atomic mass is 9.83. The number of hydrogen-bond donors (Lipinski definition) is 0. The zero-order valence-electron chi connectivity index (χ0n) is 9.57. The van der Waals surface area contributed by atoms with E-state index >= 15 is 0 Å². The van der Waals surface area contributed by atoms with Crippen molar-refractivity contribution in [3.8, 4) is 0 Å². The van der Waals surface area contributed by atoms with Gasteiger partial charge in [-0.05, 0) is 26.7 Å². The summed E-state index contributed by atoms with van der Waals surface area (Å²) >= 11 is 0. The molecule has 0 radical (unpaired) electrons. The SMILES string of the molecule is C=CC(C)(F)C(CC)CC(=C)C(=C)C. The Morgan fingerprint density at radius 2 is 2.00 bits per heavy atom. The number of hydrogen-bond acceptors (Lipinski definition) is 0. The van der Waals surface area contributed by atoms with Crippen molar-refractivity contribution >= 4 is 0 Å². The molecule has 0 bridgehead atoms. The first-order chi connectivity index (χ1) is 6.35. The van der Waals surface area contributed by atoms with Crippen molar-refractivity contribution in [2.45, 2.75) is 39.3 Å². The van der Waals surface area contributed by atoms with Crippen molar-refractivity contribution in [3.05, 3.63) is 37.0 Å². The monoisotopic (exact) mass is 196 g/mol. The van der Waals surface area contributed by atoms with E-state index in [1.807, 2.05) is 13.8 Å². The van der Waals surface area contributed by atoms with Gasteiger partial charge in [-0.3, -0.25) is 0 Å². The molecule has 0 saturated heterocycles. The van der Waals surface area contributed by atoms with Gasteiger partial charge in [0.05, 0.1) is 0 Å². The van der Waals surface area contributed by atoms with Crippen molar-refractivity contribution in [1.82, 2.24) is 0 Å². The van der Waals surface area contributed by atoms with E-state index in [1.54, 1.807) is 6.92 Å². The molecular weight excluding hydrogens is 175 g/mol. The van der Waals surface area contributed by atoms with Crippen LogP contribution in [0.5, 0.6) is 0 Å². The molecule has 0 N–H and O–H groups in total. The first-order valence-electron chi connectivity index (χ1n) is 5.01. The standard InChI is InChI=1S/C13H21F/c1-7-12(13(6,14)8-2)9-11(5)10(3)4/h8,12H,2-3,5,7,9H2,1,4,6H3. The molecule has 0 fully saturated rings. The molecule has 0 heterocycles. The number of halogens is 1. The number of alkyl halides is 1. The summed E-state index contributed by atoms with van der Waals surface area (Å²) in [7, 11) is 0. The zero-order valence-corrected chi connectivity index (χ0v) is 9.57. The van der Waals surface area contributed by atoms with E-state index in [0.717, 1.165) is 17.6 Å². The molecule has 0 aromatic rings. The lowest BCUT2D eigenvalue weighted by molar-refractivity contribution is 0.154. The maximum absolute atomic E-state index is 13.9. The highest BCUT2D eigenvalue weighted by Gasteiger charge is 2.29. The quantitative estimate of drug-likeness (QED) is 0.435. The van der Waals surface area contributed by atoms with Gasteiger partial charge < -0.3 is 0 Å². The van der Waals surface area contributed by atoms with Gasteiger partial charge in [0.1, 0.15) is 5.67 Å². The fourth-order valence-corrected chi connectivity index (χ4v) is 1.38. The third kappa shape index (κ3) is 3.49. The molecule has 0 amide bonds. The molecule has 0 nitrogen and oxygen atoms in total. The second kappa shape index (κ2) is 5.14. The van der Waals surface area contributed by atoms with Gasteiger partial charge in [0.2, 0.25) is 0 Å². The Morgan fingerprint density at radius 1 is 1.50 bits per heavy atom. The predicted molar refractivity (Wildman–Crippen MR) is 62.1 cm³/mol. The topological polar surface area (TPSA) is 0 Å². The highest BCUT2D eigenvalue weighted by atomic mass is 19.1. The van der Waals surface area contributed by atoms with E-state index in [0.29, 0.717) is 6.42 Å². The smallest absolute Gasteiger partial charge is 0.129 e. The summed E-state index contributed by atoms with van der Waals surface area (Å²) in [6.45, 7) is 16.7. The first kappa shape index (κ1) is 13.2. The Bertz CT molecular complexity index is 236. The summed E-state index contributed by atoms with van der Waals surface area (Å²) in [4.78, 5) is 0.